The van der Waals surface area contributed by atoms with Crippen LogP contribution in [0.2, 0.25) is 0 Å². The molecule has 1 aliphatic rings. The van der Waals surface area contributed by atoms with Gasteiger partial charge in [0.15, 0.2) is 0 Å². The number of halogens is 2. The highest BCUT2D eigenvalue weighted by molar-refractivity contribution is 5.21. The fraction of sp³-hybridized carbons (Fsp3) is 0.467. The smallest absolute Gasteiger partial charge is 0.129 e. The molecule has 0 saturated heterocycles. The van der Waals surface area contributed by atoms with Crippen LogP contribution in [0.25, 0.3) is 0 Å². The van der Waals surface area contributed by atoms with Gasteiger partial charge < -0.3 is 5.11 Å². The molecule has 0 aliphatic heterocycles. The van der Waals surface area contributed by atoms with Gasteiger partial charge in [0, 0.05) is 12.0 Å². The summed E-state index contributed by atoms with van der Waals surface area (Å²) in [6.07, 6.45) is 6.38. The Bertz CT molecular complexity index is 420. The van der Waals surface area contributed by atoms with Gasteiger partial charge in [0.25, 0.3) is 0 Å². The Morgan fingerprint density at radius 3 is 2.44 bits per heavy atom. The third-order valence-electron chi connectivity index (χ3n) is 3.38. The standard InChI is InChI=1S/C15H18F2O/c16-14-7-4-8-15(17)13(14)10-12(18)9-11-5-2-1-3-6-11/h4-5,7-8,12,18H,1-3,6,9-10H2. The fourth-order valence-electron chi connectivity index (χ4n) is 2.43. The fourth-order valence-corrected chi connectivity index (χ4v) is 2.43. The predicted octanol–water partition coefficient (Wildman–Crippen LogP) is 3.76. The van der Waals surface area contributed by atoms with Gasteiger partial charge in [0.05, 0.1) is 6.10 Å². The third-order valence-corrected chi connectivity index (χ3v) is 3.38. The Balaban J connectivity index is 1.98. The van der Waals surface area contributed by atoms with Crippen LogP contribution < -0.4 is 0 Å². The van der Waals surface area contributed by atoms with E-state index >= 15 is 0 Å². The van der Waals surface area contributed by atoms with Crippen LogP contribution in [0.5, 0.6) is 0 Å². The number of allylic oxidation sites excluding steroid dienone is 1. The average Bonchev–Trinajstić information content (AvgIpc) is 2.35. The Kier molecular flexibility index (Phi) is 4.48. The summed E-state index contributed by atoms with van der Waals surface area (Å²) in [5, 5.41) is 9.93. The molecule has 0 heterocycles. The molecule has 0 spiro atoms. The van der Waals surface area contributed by atoms with Crippen LogP contribution in [0.3, 0.4) is 0 Å². The lowest BCUT2D eigenvalue weighted by Crippen LogP contribution is -2.14. The quantitative estimate of drug-likeness (QED) is 0.809. The van der Waals surface area contributed by atoms with E-state index in [0.717, 1.165) is 19.3 Å². The molecule has 1 aromatic rings. The molecule has 0 aromatic heterocycles. The summed E-state index contributed by atoms with van der Waals surface area (Å²) in [5.74, 6) is -1.15. The second-order valence-corrected chi connectivity index (χ2v) is 4.87. The van der Waals surface area contributed by atoms with Crippen molar-refractivity contribution in [2.24, 2.45) is 0 Å². The zero-order valence-electron chi connectivity index (χ0n) is 10.3. The van der Waals surface area contributed by atoms with Gasteiger partial charge in [-0.2, -0.15) is 0 Å². The Labute approximate surface area is 106 Å². The number of hydrogen-bond donors (Lipinski definition) is 1. The molecule has 1 aromatic carbocycles. The van der Waals surface area contributed by atoms with Crippen molar-refractivity contribution < 1.29 is 13.9 Å². The van der Waals surface area contributed by atoms with Crippen LogP contribution in [0.15, 0.2) is 29.8 Å². The number of benzene rings is 1. The number of rotatable bonds is 4. The van der Waals surface area contributed by atoms with Gasteiger partial charge in [-0.25, -0.2) is 8.78 Å². The van der Waals surface area contributed by atoms with Crippen molar-refractivity contribution in [2.75, 3.05) is 0 Å². The van der Waals surface area contributed by atoms with E-state index in [4.69, 9.17) is 0 Å². The van der Waals surface area contributed by atoms with Crippen molar-refractivity contribution >= 4 is 0 Å². The van der Waals surface area contributed by atoms with Gasteiger partial charge in [-0.05, 0) is 44.2 Å². The molecular weight excluding hydrogens is 234 g/mol. The second-order valence-electron chi connectivity index (χ2n) is 4.87. The molecule has 98 valence electrons. The third kappa shape index (κ3) is 3.39. The monoisotopic (exact) mass is 252 g/mol. The summed E-state index contributed by atoms with van der Waals surface area (Å²) in [5.41, 5.74) is 1.20. The van der Waals surface area contributed by atoms with Crippen LogP contribution >= 0.6 is 0 Å². The minimum Gasteiger partial charge on any atom is -0.392 e. The van der Waals surface area contributed by atoms with Gasteiger partial charge in [-0.15, -0.1) is 0 Å². The van der Waals surface area contributed by atoms with Crippen molar-refractivity contribution in [2.45, 2.75) is 44.6 Å². The number of hydrogen-bond acceptors (Lipinski definition) is 1. The summed E-state index contributed by atoms with van der Waals surface area (Å²) < 4.78 is 26.8. The Morgan fingerprint density at radius 1 is 1.11 bits per heavy atom. The predicted molar refractivity (Wildman–Crippen MR) is 67.2 cm³/mol. The molecule has 0 saturated carbocycles. The maximum Gasteiger partial charge on any atom is 0.129 e. The van der Waals surface area contributed by atoms with E-state index in [1.165, 1.54) is 30.2 Å². The van der Waals surface area contributed by atoms with E-state index in [1.807, 2.05) is 0 Å². The first kappa shape index (κ1) is 13.2. The highest BCUT2D eigenvalue weighted by Crippen LogP contribution is 2.23. The van der Waals surface area contributed by atoms with Crippen molar-refractivity contribution in [3.63, 3.8) is 0 Å². The first-order valence-electron chi connectivity index (χ1n) is 6.45. The van der Waals surface area contributed by atoms with Crippen molar-refractivity contribution in [1.29, 1.82) is 0 Å². The van der Waals surface area contributed by atoms with Crippen LogP contribution in [-0.4, -0.2) is 11.2 Å². The maximum atomic E-state index is 13.4. The SMILES string of the molecule is OC(CC1=CCCCC1)Cc1c(F)cccc1F. The zero-order valence-corrected chi connectivity index (χ0v) is 10.3. The molecule has 0 amide bonds. The molecule has 1 aliphatic carbocycles. The van der Waals surface area contributed by atoms with Crippen LogP contribution in [0, 0.1) is 11.6 Å². The molecule has 2 rings (SSSR count). The normalized spacial score (nSPS) is 17.4. The van der Waals surface area contributed by atoms with Gasteiger partial charge in [-0.3, -0.25) is 0 Å². The first-order valence-corrected chi connectivity index (χ1v) is 6.45. The summed E-state index contributed by atoms with van der Waals surface area (Å²) in [6.45, 7) is 0. The van der Waals surface area contributed by atoms with Gasteiger partial charge in [0.1, 0.15) is 11.6 Å². The molecule has 1 unspecified atom stereocenters. The van der Waals surface area contributed by atoms with Crippen molar-refractivity contribution in [3.05, 3.63) is 47.0 Å². The molecule has 18 heavy (non-hydrogen) atoms. The first-order chi connectivity index (χ1) is 8.66. The highest BCUT2D eigenvalue weighted by Gasteiger charge is 2.15. The molecule has 0 radical (unpaired) electrons. The summed E-state index contributed by atoms with van der Waals surface area (Å²) in [7, 11) is 0. The lowest BCUT2D eigenvalue weighted by atomic mass is 9.93. The molecule has 0 fully saturated rings. The van der Waals surface area contributed by atoms with Crippen molar-refractivity contribution in [1.82, 2.24) is 0 Å². The zero-order chi connectivity index (χ0) is 13.0. The lowest BCUT2D eigenvalue weighted by Gasteiger charge is -2.17. The Morgan fingerprint density at radius 2 is 1.83 bits per heavy atom. The molecular formula is C15H18F2O. The van der Waals surface area contributed by atoms with E-state index in [0.29, 0.717) is 6.42 Å². The Hall–Kier alpha value is -1.22. The molecule has 0 bridgehead atoms. The topological polar surface area (TPSA) is 20.2 Å². The average molecular weight is 252 g/mol. The molecule has 1 atom stereocenters. The van der Waals surface area contributed by atoms with Gasteiger partial charge in [0.2, 0.25) is 0 Å². The summed E-state index contributed by atoms with van der Waals surface area (Å²) in [4.78, 5) is 0. The lowest BCUT2D eigenvalue weighted by molar-refractivity contribution is 0.171. The molecule has 3 heteroatoms. The maximum absolute atomic E-state index is 13.4. The van der Waals surface area contributed by atoms with Crippen molar-refractivity contribution in [3.8, 4) is 0 Å². The van der Waals surface area contributed by atoms with Gasteiger partial charge >= 0.3 is 0 Å². The van der Waals surface area contributed by atoms with Gasteiger partial charge in [-0.1, -0.05) is 17.7 Å². The van der Waals surface area contributed by atoms with E-state index < -0.39 is 17.7 Å². The van der Waals surface area contributed by atoms with E-state index in [9.17, 15) is 13.9 Å². The van der Waals surface area contributed by atoms with Crippen LogP contribution in [0.1, 0.15) is 37.7 Å². The molecule has 1 N–H and O–H groups in total. The number of aliphatic hydroxyl groups is 1. The number of aliphatic hydroxyl groups excluding tert-OH is 1. The largest absolute Gasteiger partial charge is 0.392 e. The highest BCUT2D eigenvalue weighted by atomic mass is 19.1. The minimum absolute atomic E-state index is 0.0126. The van der Waals surface area contributed by atoms with Crippen LogP contribution in [0.4, 0.5) is 8.78 Å². The molecule has 1 nitrogen and oxygen atoms in total. The van der Waals surface area contributed by atoms with E-state index in [-0.39, 0.29) is 12.0 Å². The summed E-state index contributed by atoms with van der Waals surface area (Å²) in [6, 6.07) is 3.79. The minimum atomic E-state index is -0.708. The van der Waals surface area contributed by atoms with E-state index in [1.54, 1.807) is 0 Å². The van der Waals surface area contributed by atoms with E-state index in [2.05, 4.69) is 6.08 Å². The van der Waals surface area contributed by atoms with Crippen LogP contribution in [-0.2, 0) is 6.42 Å². The second kappa shape index (κ2) is 6.10. The summed E-state index contributed by atoms with van der Waals surface area (Å²) >= 11 is 0.